The van der Waals surface area contributed by atoms with Gasteiger partial charge in [0, 0.05) is 22.8 Å². The van der Waals surface area contributed by atoms with Crippen molar-refractivity contribution < 1.29 is 0 Å². The van der Waals surface area contributed by atoms with Gasteiger partial charge in [0.1, 0.15) is 0 Å². The number of hydrogen-bond donors (Lipinski definition) is 1. The molecule has 0 aromatic carbocycles. The standard InChI is InChI=1S/C10H18N2S2/c1-7-5-14-10(11-7)12-9-4-3-8(2)13-6-9/h7-9H,3-6H2,1-2H3,(H,11,12). The molecule has 1 N–H and O–H groups in total. The quantitative estimate of drug-likeness (QED) is 0.748. The average molecular weight is 230 g/mol. The summed E-state index contributed by atoms with van der Waals surface area (Å²) in [5.41, 5.74) is 0. The van der Waals surface area contributed by atoms with Crippen molar-refractivity contribution in [3.63, 3.8) is 0 Å². The number of amidine groups is 1. The highest BCUT2D eigenvalue weighted by Gasteiger charge is 2.21. The Labute approximate surface area is 94.7 Å². The molecule has 0 spiro atoms. The molecule has 2 heterocycles. The van der Waals surface area contributed by atoms with Crippen LogP contribution in [0.25, 0.3) is 0 Å². The van der Waals surface area contributed by atoms with E-state index in [0.29, 0.717) is 12.1 Å². The topological polar surface area (TPSA) is 24.4 Å². The minimum Gasteiger partial charge on any atom is -0.362 e. The van der Waals surface area contributed by atoms with Crippen molar-refractivity contribution in [2.24, 2.45) is 4.99 Å². The Balaban J connectivity index is 1.85. The lowest BCUT2D eigenvalue weighted by molar-refractivity contribution is 0.607. The maximum atomic E-state index is 4.77. The lowest BCUT2D eigenvalue weighted by atomic mass is 10.1. The lowest BCUT2D eigenvalue weighted by Crippen LogP contribution is -2.26. The van der Waals surface area contributed by atoms with Crippen LogP contribution in [0.1, 0.15) is 26.7 Å². The van der Waals surface area contributed by atoms with E-state index in [0.717, 1.165) is 5.25 Å². The predicted octanol–water partition coefficient (Wildman–Crippen LogP) is 2.35. The first kappa shape index (κ1) is 10.7. The summed E-state index contributed by atoms with van der Waals surface area (Å²) in [6.07, 6.45) is 2.60. The van der Waals surface area contributed by atoms with Crippen LogP contribution in [0.15, 0.2) is 4.99 Å². The van der Waals surface area contributed by atoms with Gasteiger partial charge in [-0.15, -0.1) is 0 Å². The second-order valence-electron chi connectivity index (χ2n) is 4.17. The zero-order valence-corrected chi connectivity index (χ0v) is 10.5. The van der Waals surface area contributed by atoms with Crippen LogP contribution in [-0.2, 0) is 0 Å². The molecule has 0 radical (unpaired) electrons. The summed E-state index contributed by atoms with van der Waals surface area (Å²) in [6.45, 7) is 4.53. The van der Waals surface area contributed by atoms with Crippen LogP contribution in [-0.4, -0.2) is 34.0 Å². The van der Waals surface area contributed by atoms with Gasteiger partial charge < -0.3 is 5.32 Å². The summed E-state index contributed by atoms with van der Waals surface area (Å²) >= 11 is 3.94. The molecule has 2 fully saturated rings. The highest BCUT2D eigenvalue weighted by Crippen LogP contribution is 2.27. The number of thioether (sulfide) groups is 2. The van der Waals surface area contributed by atoms with E-state index in [1.165, 1.54) is 29.5 Å². The van der Waals surface area contributed by atoms with Gasteiger partial charge in [-0.3, -0.25) is 4.99 Å². The predicted molar refractivity (Wildman–Crippen MR) is 67.4 cm³/mol. The van der Waals surface area contributed by atoms with E-state index in [1.54, 1.807) is 0 Å². The van der Waals surface area contributed by atoms with Gasteiger partial charge in [-0.25, -0.2) is 0 Å². The van der Waals surface area contributed by atoms with Crippen LogP contribution < -0.4 is 5.32 Å². The minimum atomic E-state index is 0.566. The Morgan fingerprint density at radius 1 is 1.29 bits per heavy atom. The van der Waals surface area contributed by atoms with Gasteiger partial charge in [-0.05, 0) is 19.8 Å². The van der Waals surface area contributed by atoms with Crippen LogP contribution in [0.5, 0.6) is 0 Å². The summed E-state index contributed by atoms with van der Waals surface area (Å²) < 4.78 is 0. The molecule has 0 aromatic heterocycles. The second-order valence-corrected chi connectivity index (χ2v) is 6.65. The van der Waals surface area contributed by atoms with Crippen molar-refractivity contribution in [1.29, 1.82) is 0 Å². The van der Waals surface area contributed by atoms with E-state index in [9.17, 15) is 0 Å². The zero-order chi connectivity index (χ0) is 9.97. The normalized spacial score (nSPS) is 41.3. The summed E-state index contributed by atoms with van der Waals surface area (Å²) in [5, 5.41) is 5.44. The monoisotopic (exact) mass is 230 g/mol. The van der Waals surface area contributed by atoms with Crippen molar-refractivity contribution in [2.45, 2.75) is 44.0 Å². The molecule has 80 valence electrons. The smallest absolute Gasteiger partial charge is 0.157 e. The summed E-state index contributed by atoms with van der Waals surface area (Å²) in [6, 6.07) is 1.17. The first-order valence-corrected chi connectivity index (χ1v) is 7.36. The zero-order valence-electron chi connectivity index (χ0n) is 8.82. The van der Waals surface area contributed by atoms with E-state index < -0.39 is 0 Å². The maximum Gasteiger partial charge on any atom is 0.157 e. The molecule has 2 aliphatic rings. The first-order valence-electron chi connectivity index (χ1n) is 5.33. The number of hydrogen-bond acceptors (Lipinski definition) is 3. The van der Waals surface area contributed by atoms with Crippen molar-refractivity contribution in [1.82, 2.24) is 5.32 Å². The fourth-order valence-electron chi connectivity index (χ4n) is 1.71. The van der Waals surface area contributed by atoms with Crippen molar-refractivity contribution in [2.75, 3.05) is 11.5 Å². The van der Waals surface area contributed by atoms with E-state index in [2.05, 4.69) is 30.9 Å². The molecule has 2 rings (SSSR count). The Morgan fingerprint density at radius 3 is 2.71 bits per heavy atom. The molecular weight excluding hydrogens is 212 g/mol. The second kappa shape index (κ2) is 4.79. The summed E-state index contributed by atoms with van der Waals surface area (Å²) in [4.78, 5) is 4.77. The number of aliphatic imine (C=N–C) groups is 1. The molecule has 0 aliphatic carbocycles. The highest BCUT2D eigenvalue weighted by molar-refractivity contribution is 8.14. The maximum absolute atomic E-state index is 4.77. The van der Waals surface area contributed by atoms with Crippen LogP contribution in [0, 0.1) is 0 Å². The molecule has 0 saturated carbocycles. The third kappa shape index (κ3) is 2.83. The molecule has 3 unspecified atom stereocenters. The lowest BCUT2D eigenvalue weighted by Gasteiger charge is -2.23. The van der Waals surface area contributed by atoms with Crippen molar-refractivity contribution in [3.05, 3.63) is 0 Å². The molecule has 0 bridgehead atoms. The SMILES string of the molecule is CC1CSC(=NC2CCC(C)SC2)N1. The van der Waals surface area contributed by atoms with Crippen LogP contribution >= 0.6 is 23.5 Å². The Kier molecular flexibility index (Phi) is 3.66. The molecule has 2 nitrogen and oxygen atoms in total. The van der Waals surface area contributed by atoms with Crippen molar-refractivity contribution in [3.8, 4) is 0 Å². The van der Waals surface area contributed by atoms with E-state index in [4.69, 9.17) is 4.99 Å². The van der Waals surface area contributed by atoms with Gasteiger partial charge in [0.05, 0.1) is 6.04 Å². The Bertz CT molecular complexity index is 222. The number of rotatable bonds is 1. The molecule has 0 aromatic rings. The van der Waals surface area contributed by atoms with Gasteiger partial charge >= 0.3 is 0 Å². The highest BCUT2D eigenvalue weighted by atomic mass is 32.2. The summed E-state index contributed by atoms with van der Waals surface area (Å²) in [7, 11) is 0. The molecular formula is C10H18N2S2. The third-order valence-corrected chi connectivity index (χ3v) is 5.16. The molecule has 2 saturated heterocycles. The van der Waals surface area contributed by atoms with E-state index >= 15 is 0 Å². The molecule has 2 aliphatic heterocycles. The Morgan fingerprint density at radius 2 is 2.14 bits per heavy atom. The molecule has 3 atom stereocenters. The fraction of sp³-hybridized carbons (Fsp3) is 0.900. The third-order valence-electron chi connectivity index (χ3n) is 2.62. The number of nitrogens with zero attached hydrogens (tertiary/aromatic N) is 1. The van der Waals surface area contributed by atoms with Gasteiger partial charge in [0.25, 0.3) is 0 Å². The van der Waals surface area contributed by atoms with Gasteiger partial charge in [-0.2, -0.15) is 11.8 Å². The van der Waals surface area contributed by atoms with E-state index in [-0.39, 0.29) is 0 Å². The van der Waals surface area contributed by atoms with Gasteiger partial charge in [-0.1, -0.05) is 18.7 Å². The molecule has 14 heavy (non-hydrogen) atoms. The number of nitrogens with one attached hydrogen (secondary N) is 1. The molecule has 4 heteroatoms. The molecule has 0 amide bonds. The van der Waals surface area contributed by atoms with E-state index in [1.807, 2.05) is 11.8 Å². The van der Waals surface area contributed by atoms with Crippen molar-refractivity contribution >= 4 is 28.7 Å². The van der Waals surface area contributed by atoms with Crippen LogP contribution in [0.2, 0.25) is 0 Å². The van der Waals surface area contributed by atoms with Crippen LogP contribution in [0.4, 0.5) is 0 Å². The van der Waals surface area contributed by atoms with Gasteiger partial charge in [0.2, 0.25) is 0 Å². The average Bonchev–Trinajstić information content (AvgIpc) is 2.56. The largest absolute Gasteiger partial charge is 0.362 e. The van der Waals surface area contributed by atoms with Gasteiger partial charge in [0.15, 0.2) is 5.17 Å². The Hall–Kier alpha value is 0.170. The summed E-state index contributed by atoms with van der Waals surface area (Å²) in [5.74, 6) is 2.39. The fourth-order valence-corrected chi connectivity index (χ4v) is 3.80. The first-order chi connectivity index (χ1) is 6.74. The minimum absolute atomic E-state index is 0.566. The van der Waals surface area contributed by atoms with Crippen LogP contribution in [0.3, 0.4) is 0 Å².